The molecule has 29 heavy (non-hydrogen) atoms. The highest BCUT2D eigenvalue weighted by Gasteiger charge is 2.64. The molecule has 0 spiro atoms. The minimum absolute atomic E-state index is 0.129. The Bertz CT molecular complexity index is 950. The van der Waals surface area contributed by atoms with Crippen LogP contribution in [0.2, 0.25) is 5.02 Å². The van der Waals surface area contributed by atoms with Crippen LogP contribution < -0.4 is 15.8 Å². The number of nitriles is 1. The van der Waals surface area contributed by atoms with Gasteiger partial charge in [0.2, 0.25) is 0 Å². The van der Waals surface area contributed by atoms with Crippen molar-refractivity contribution in [1.82, 2.24) is 15.3 Å². The van der Waals surface area contributed by atoms with Gasteiger partial charge in [-0.15, -0.1) is 0 Å². The molecule has 7 nitrogen and oxygen atoms in total. The normalized spacial score (nSPS) is 21.6. The summed E-state index contributed by atoms with van der Waals surface area (Å²) in [6.07, 6.45) is 2.80. The SMILES string of the molecule is CC1(C)C(NC(=O)c2cnc(CN)nc2)C(C)(C)C1Oc1ccc(C#N)c(Cl)c1. The van der Waals surface area contributed by atoms with Crippen LogP contribution in [0, 0.1) is 22.2 Å². The molecular formula is C21H24ClN5O2. The third-order valence-electron chi connectivity index (χ3n) is 5.58. The van der Waals surface area contributed by atoms with Crippen molar-refractivity contribution >= 4 is 17.5 Å². The number of benzene rings is 1. The van der Waals surface area contributed by atoms with Crippen molar-refractivity contribution < 1.29 is 9.53 Å². The van der Waals surface area contributed by atoms with E-state index in [1.165, 1.54) is 12.4 Å². The Hall–Kier alpha value is -2.69. The predicted octanol–water partition coefficient (Wildman–Crippen LogP) is 3.07. The van der Waals surface area contributed by atoms with Gasteiger partial charge in [0.05, 0.1) is 22.7 Å². The fourth-order valence-corrected chi connectivity index (χ4v) is 4.60. The Morgan fingerprint density at radius 2 is 1.90 bits per heavy atom. The van der Waals surface area contributed by atoms with Crippen molar-refractivity contribution in [2.75, 3.05) is 0 Å². The molecule has 1 aliphatic carbocycles. The van der Waals surface area contributed by atoms with E-state index < -0.39 is 0 Å². The first-order valence-electron chi connectivity index (χ1n) is 9.29. The van der Waals surface area contributed by atoms with Crippen LogP contribution in [0.4, 0.5) is 0 Å². The first-order valence-corrected chi connectivity index (χ1v) is 9.67. The van der Waals surface area contributed by atoms with Gasteiger partial charge in [-0.25, -0.2) is 9.97 Å². The number of nitrogens with zero attached hydrogens (tertiary/aromatic N) is 3. The van der Waals surface area contributed by atoms with Crippen molar-refractivity contribution in [3.05, 3.63) is 52.6 Å². The average molecular weight is 414 g/mol. The largest absolute Gasteiger partial charge is 0.489 e. The highest BCUT2D eigenvalue weighted by atomic mass is 35.5. The summed E-state index contributed by atoms with van der Waals surface area (Å²) < 4.78 is 6.23. The Kier molecular flexibility index (Phi) is 5.52. The topological polar surface area (TPSA) is 114 Å². The Morgan fingerprint density at radius 1 is 1.28 bits per heavy atom. The second kappa shape index (κ2) is 7.62. The van der Waals surface area contributed by atoms with Gasteiger partial charge in [0.15, 0.2) is 0 Å². The summed E-state index contributed by atoms with van der Waals surface area (Å²) in [6, 6.07) is 6.93. The second-order valence-corrected chi connectivity index (χ2v) is 8.80. The highest BCUT2D eigenvalue weighted by molar-refractivity contribution is 6.31. The molecule has 1 amide bonds. The smallest absolute Gasteiger partial charge is 0.254 e. The van der Waals surface area contributed by atoms with Gasteiger partial charge in [-0.3, -0.25) is 4.79 Å². The van der Waals surface area contributed by atoms with E-state index in [4.69, 9.17) is 27.3 Å². The van der Waals surface area contributed by atoms with Crippen LogP contribution in [-0.2, 0) is 6.54 Å². The number of carbonyl (C=O) groups is 1. The van der Waals surface area contributed by atoms with E-state index in [9.17, 15) is 4.79 Å². The predicted molar refractivity (Wildman–Crippen MR) is 109 cm³/mol. The molecule has 1 heterocycles. The number of nitrogens with one attached hydrogen (secondary N) is 1. The lowest BCUT2D eigenvalue weighted by Crippen LogP contribution is -2.74. The first-order chi connectivity index (χ1) is 13.6. The maximum absolute atomic E-state index is 12.7. The molecule has 3 rings (SSSR count). The van der Waals surface area contributed by atoms with Crippen molar-refractivity contribution in [2.45, 2.75) is 46.4 Å². The number of aromatic nitrogens is 2. The summed E-state index contributed by atoms with van der Waals surface area (Å²) >= 11 is 6.12. The number of ether oxygens (including phenoxy) is 1. The summed E-state index contributed by atoms with van der Waals surface area (Å²) in [4.78, 5) is 20.8. The molecule has 1 aliphatic rings. The molecule has 2 aromatic rings. The molecule has 0 radical (unpaired) electrons. The molecule has 0 saturated heterocycles. The summed E-state index contributed by atoms with van der Waals surface area (Å²) in [6.45, 7) is 8.42. The van der Waals surface area contributed by atoms with Gasteiger partial charge in [-0.1, -0.05) is 39.3 Å². The molecule has 0 atom stereocenters. The van der Waals surface area contributed by atoms with Crippen LogP contribution in [0.15, 0.2) is 30.6 Å². The van der Waals surface area contributed by atoms with Crippen molar-refractivity contribution in [3.63, 3.8) is 0 Å². The lowest BCUT2D eigenvalue weighted by Gasteiger charge is -2.63. The maximum Gasteiger partial charge on any atom is 0.254 e. The van der Waals surface area contributed by atoms with E-state index in [0.29, 0.717) is 27.7 Å². The quantitative estimate of drug-likeness (QED) is 0.778. The van der Waals surface area contributed by atoms with Crippen LogP contribution in [-0.4, -0.2) is 28.0 Å². The van der Waals surface area contributed by atoms with Crippen LogP contribution in [0.5, 0.6) is 5.75 Å². The number of amides is 1. The standard InChI is InChI=1S/C21H24ClN5O2/c1-20(2)18(27-17(28)13-10-25-16(9-24)26-11-13)21(3,4)19(20)29-14-6-5-12(8-23)15(22)7-14/h5-7,10-11,18-19H,9,24H2,1-4H3,(H,27,28). The zero-order chi connectivity index (χ0) is 21.4. The molecule has 1 aromatic heterocycles. The summed E-state index contributed by atoms with van der Waals surface area (Å²) in [5.74, 6) is 0.843. The molecule has 0 unspecified atom stereocenters. The minimum atomic E-state index is -0.336. The number of hydrogen-bond donors (Lipinski definition) is 2. The van der Waals surface area contributed by atoms with Crippen LogP contribution in [0.25, 0.3) is 0 Å². The number of nitrogens with two attached hydrogens (primary N) is 1. The van der Waals surface area contributed by atoms with Crippen molar-refractivity contribution in [1.29, 1.82) is 5.26 Å². The third kappa shape index (κ3) is 3.78. The zero-order valence-corrected chi connectivity index (χ0v) is 17.6. The zero-order valence-electron chi connectivity index (χ0n) is 16.9. The number of rotatable bonds is 5. The van der Waals surface area contributed by atoms with Crippen molar-refractivity contribution in [2.24, 2.45) is 16.6 Å². The molecule has 0 aliphatic heterocycles. The lowest BCUT2D eigenvalue weighted by molar-refractivity contribution is -0.164. The molecule has 1 saturated carbocycles. The molecule has 3 N–H and O–H groups in total. The molecule has 0 bridgehead atoms. The molecule has 8 heteroatoms. The van der Waals surface area contributed by atoms with Gasteiger partial charge in [-0.05, 0) is 12.1 Å². The van der Waals surface area contributed by atoms with Gasteiger partial charge in [0.25, 0.3) is 5.91 Å². The van der Waals surface area contributed by atoms with E-state index >= 15 is 0 Å². The Morgan fingerprint density at radius 3 is 2.41 bits per heavy atom. The minimum Gasteiger partial charge on any atom is -0.489 e. The lowest BCUT2D eigenvalue weighted by atomic mass is 9.49. The molecule has 152 valence electrons. The fourth-order valence-electron chi connectivity index (χ4n) is 4.39. The number of halogens is 1. The van der Waals surface area contributed by atoms with Gasteiger partial charge >= 0.3 is 0 Å². The molecule has 1 fully saturated rings. The summed E-state index contributed by atoms with van der Waals surface area (Å²) in [5.41, 5.74) is 5.62. The van der Waals surface area contributed by atoms with Crippen LogP contribution in [0.1, 0.15) is 49.4 Å². The monoisotopic (exact) mass is 413 g/mol. The van der Waals surface area contributed by atoms with E-state index in [1.54, 1.807) is 18.2 Å². The Labute approximate surface area is 175 Å². The first kappa shape index (κ1) is 21.0. The summed E-state index contributed by atoms with van der Waals surface area (Å²) in [5, 5.41) is 12.5. The van der Waals surface area contributed by atoms with Gasteiger partial charge in [0, 0.05) is 35.3 Å². The van der Waals surface area contributed by atoms with E-state index in [-0.39, 0.29) is 35.4 Å². The molecule has 1 aromatic carbocycles. The number of carbonyl (C=O) groups excluding carboxylic acids is 1. The van der Waals surface area contributed by atoms with E-state index in [1.807, 2.05) is 33.8 Å². The van der Waals surface area contributed by atoms with Gasteiger partial charge in [-0.2, -0.15) is 5.26 Å². The second-order valence-electron chi connectivity index (χ2n) is 8.39. The van der Waals surface area contributed by atoms with Crippen LogP contribution in [0.3, 0.4) is 0 Å². The fraction of sp³-hybridized carbons (Fsp3) is 0.429. The van der Waals surface area contributed by atoms with Crippen molar-refractivity contribution in [3.8, 4) is 11.8 Å². The average Bonchev–Trinajstić information content (AvgIpc) is 2.69. The van der Waals surface area contributed by atoms with Gasteiger partial charge < -0.3 is 15.8 Å². The number of hydrogen-bond acceptors (Lipinski definition) is 6. The van der Waals surface area contributed by atoms with Crippen LogP contribution >= 0.6 is 11.6 Å². The highest BCUT2D eigenvalue weighted by Crippen LogP contribution is 2.55. The van der Waals surface area contributed by atoms with E-state index in [2.05, 4.69) is 15.3 Å². The molecular weight excluding hydrogens is 390 g/mol. The third-order valence-corrected chi connectivity index (χ3v) is 5.89. The maximum atomic E-state index is 12.7. The van der Waals surface area contributed by atoms with Gasteiger partial charge in [0.1, 0.15) is 23.7 Å². The summed E-state index contributed by atoms with van der Waals surface area (Å²) in [7, 11) is 0. The Balaban J connectivity index is 1.74. The van der Waals surface area contributed by atoms with E-state index in [0.717, 1.165) is 0 Å².